The van der Waals surface area contributed by atoms with Gasteiger partial charge in [-0.2, -0.15) is 0 Å². The zero-order valence-electron chi connectivity index (χ0n) is 10.3. The average molecular weight is 320 g/mol. The van der Waals surface area contributed by atoms with Crippen LogP contribution in [0.3, 0.4) is 0 Å². The summed E-state index contributed by atoms with van der Waals surface area (Å²) in [4.78, 5) is 0. The number of alkyl halides is 1. The first-order valence-electron chi connectivity index (χ1n) is 5.51. The van der Waals surface area contributed by atoms with Gasteiger partial charge in [0, 0.05) is 6.04 Å². The number of hydrogen-bond donors (Lipinski definition) is 1. The lowest BCUT2D eigenvalue weighted by molar-refractivity contribution is 0.572. The van der Waals surface area contributed by atoms with E-state index in [0.717, 1.165) is 5.56 Å². The smallest absolute Gasteiger partial charge is 0.212 e. The molecule has 5 heteroatoms. The highest BCUT2D eigenvalue weighted by Crippen LogP contribution is 2.19. The van der Waals surface area contributed by atoms with Crippen LogP contribution in [-0.2, 0) is 10.0 Å². The molecule has 3 nitrogen and oxygen atoms in total. The standard InChI is InChI=1S/C12H18BrNO2S/c1-9(2)11-4-6-12(7-5-11)10(3)14-17(15,16)8-13/h4-7,9-10,14H,8H2,1-3H3. The largest absolute Gasteiger partial charge is 0.222 e. The molecule has 0 aromatic heterocycles. The Labute approximate surface area is 112 Å². The minimum atomic E-state index is -3.23. The van der Waals surface area contributed by atoms with E-state index in [-0.39, 0.29) is 10.7 Å². The fraction of sp³-hybridized carbons (Fsp3) is 0.500. The lowest BCUT2D eigenvalue weighted by atomic mass is 10.00. The molecule has 0 spiro atoms. The molecule has 1 rings (SSSR count). The van der Waals surface area contributed by atoms with Crippen LogP contribution in [0.15, 0.2) is 24.3 Å². The molecule has 17 heavy (non-hydrogen) atoms. The quantitative estimate of drug-likeness (QED) is 0.847. The van der Waals surface area contributed by atoms with Crippen molar-refractivity contribution >= 4 is 26.0 Å². The first-order valence-corrected chi connectivity index (χ1v) is 8.29. The molecule has 0 amide bonds. The molecule has 1 unspecified atom stereocenters. The van der Waals surface area contributed by atoms with E-state index in [9.17, 15) is 8.42 Å². The fourth-order valence-electron chi connectivity index (χ4n) is 1.54. The predicted octanol–water partition coefficient (Wildman–Crippen LogP) is 3.14. The van der Waals surface area contributed by atoms with Gasteiger partial charge in [0.2, 0.25) is 10.0 Å². The van der Waals surface area contributed by atoms with E-state index in [0.29, 0.717) is 5.92 Å². The minimum Gasteiger partial charge on any atom is -0.212 e. The normalized spacial score (nSPS) is 13.9. The SMILES string of the molecule is CC(C)c1ccc(C(C)NS(=O)(=O)CBr)cc1. The zero-order chi connectivity index (χ0) is 13.1. The third-order valence-electron chi connectivity index (χ3n) is 2.60. The van der Waals surface area contributed by atoms with Gasteiger partial charge < -0.3 is 0 Å². The Morgan fingerprint density at radius 3 is 2.00 bits per heavy atom. The van der Waals surface area contributed by atoms with Crippen molar-refractivity contribution in [1.29, 1.82) is 0 Å². The van der Waals surface area contributed by atoms with Crippen LogP contribution in [0.2, 0.25) is 0 Å². The lowest BCUT2D eigenvalue weighted by Gasteiger charge is -2.14. The van der Waals surface area contributed by atoms with E-state index >= 15 is 0 Å². The summed E-state index contributed by atoms with van der Waals surface area (Å²) < 4.78 is 25.3. The van der Waals surface area contributed by atoms with Crippen molar-refractivity contribution < 1.29 is 8.42 Å². The Bertz CT molecular complexity index is 454. The summed E-state index contributed by atoms with van der Waals surface area (Å²) in [6.07, 6.45) is 0. The van der Waals surface area contributed by atoms with Crippen LogP contribution in [0, 0.1) is 0 Å². The third-order valence-corrected chi connectivity index (χ3v) is 5.41. The molecule has 0 fully saturated rings. The summed E-state index contributed by atoms with van der Waals surface area (Å²) in [5, 5.41) is 0. The van der Waals surface area contributed by atoms with Crippen LogP contribution in [-0.4, -0.2) is 13.1 Å². The van der Waals surface area contributed by atoms with Crippen molar-refractivity contribution in [1.82, 2.24) is 4.72 Å². The zero-order valence-corrected chi connectivity index (χ0v) is 12.7. The molecule has 0 heterocycles. The summed E-state index contributed by atoms with van der Waals surface area (Å²) >= 11 is 2.95. The Balaban J connectivity index is 2.80. The molecule has 0 aliphatic heterocycles. The van der Waals surface area contributed by atoms with Crippen LogP contribution in [0.25, 0.3) is 0 Å². The van der Waals surface area contributed by atoms with Crippen LogP contribution in [0.1, 0.15) is 43.9 Å². The van der Waals surface area contributed by atoms with Gasteiger partial charge in [0.15, 0.2) is 0 Å². The summed E-state index contributed by atoms with van der Waals surface area (Å²) in [5.74, 6) is 0.485. The summed E-state index contributed by atoms with van der Waals surface area (Å²) in [5.41, 5.74) is 2.23. The topological polar surface area (TPSA) is 46.2 Å². The predicted molar refractivity (Wildman–Crippen MR) is 74.8 cm³/mol. The maximum Gasteiger partial charge on any atom is 0.222 e. The van der Waals surface area contributed by atoms with Crippen molar-refractivity contribution in [3.8, 4) is 0 Å². The first kappa shape index (κ1) is 14.7. The number of hydrogen-bond acceptors (Lipinski definition) is 2. The lowest BCUT2D eigenvalue weighted by Crippen LogP contribution is -2.27. The van der Waals surface area contributed by atoms with Gasteiger partial charge in [0.1, 0.15) is 4.66 Å². The Kier molecular flexibility index (Phi) is 5.16. The molecule has 0 saturated heterocycles. The molecule has 1 aromatic carbocycles. The van der Waals surface area contributed by atoms with E-state index < -0.39 is 10.0 Å². The van der Waals surface area contributed by atoms with Gasteiger partial charge >= 0.3 is 0 Å². The highest BCUT2D eigenvalue weighted by Gasteiger charge is 2.14. The fourth-order valence-corrected chi connectivity index (χ4v) is 2.67. The molecule has 0 aliphatic carbocycles. The van der Waals surface area contributed by atoms with Gasteiger partial charge in [-0.25, -0.2) is 13.1 Å². The van der Waals surface area contributed by atoms with E-state index in [1.165, 1.54) is 5.56 Å². The number of nitrogens with one attached hydrogen (secondary N) is 1. The highest BCUT2D eigenvalue weighted by molar-refractivity contribution is 9.10. The van der Waals surface area contributed by atoms with Gasteiger partial charge in [-0.15, -0.1) is 0 Å². The number of halogens is 1. The second-order valence-corrected chi connectivity index (χ2v) is 7.44. The molecule has 1 aromatic rings. The first-order chi connectivity index (χ1) is 7.85. The maximum absolute atomic E-state index is 11.4. The highest BCUT2D eigenvalue weighted by atomic mass is 79.9. The van der Waals surface area contributed by atoms with Crippen molar-refractivity contribution in [2.45, 2.75) is 32.7 Å². The Morgan fingerprint density at radius 1 is 1.12 bits per heavy atom. The molecular weight excluding hydrogens is 302 g/mol. The number of benzene rings is 1. The molecular formula is C12H18BrNO2S. The molecule has 0 radical (unpaired) electrons. The van der Waals surface area contributed by atoms with Crippen molar-refractivity contribution in [2.75, 3.05) is 4.66 Å². The molecule has 0 aliphatic rings. The number of rotatable bonds is 5. The van der Waals surface area contributed by atoms with Gasteiger partial charge in [-0.05, 0) is 24.0 Å². The second-order valence-electron chi connectivity index (χ2n) is 4.38. The molecule has 0 bridgehead atoms. The molecule has 1 atom stereocenters. The van der Waals surface area contributed by atoms with E-state index in [1.807, 2.05) is 31.2 Å². The van der Waals surface area contributed by atoms with Crippen molar-refractivity contribution in [2.24, 2.45) is 0 Å². The third kappa shape index (κ3) is 4.41. The average Bonchev–Trinajstić information content (AvgIpc) is 2.28. The molecule has 96 valence electrons. The van der Waals surface area contributed by atoms with E-state index in [2.05, 4.69) is 34.5 Å². The van der Waals surface area contributed by atoms with Gasteiger partial charge in [0.05, 0.1) is 0 Å². The minimum absolute atomic E-state index is 0.0750. The summed E-state index contributed by atoms with van der Waals surface area (Å²) in [6, 6.07) is 7.81. The van der Waals surface area contributed by atoms with Gasteiger partial charge in [-0.3, -0.25) is 0 Å². The maximum atomic E-state index is 11.4. The summed E-state index contributed by atoms with van der Waals surface area (Å²) in [6.45, 7) is 6.10. The number of sulfonamides is 1. The van der Waals surface area contributed by atoms with Gasteiger partial charge in [0.25, 0.3) is 0 Å². The van der Waals surface area contributed by atoms with Crippen LogP contribution >= 0.6 is 15.9 Å². The monoisotopic (exact) mass is 319 g/mol. The van der Waals surface area contributed by atoms with E-state index in [4.69, 9.17) is 0 Å². The van der Waals surface area contributed by atoms with Crippen molar-refractivity contribution in [3.63, 3.8) is 0 Å². The Hall–Kier alpha value is -0.390. The molecule has 0 saturated carbocycles. The second kappa shape index (κ2) is 5.98. The summed E-state index contributed by atoms with van der Waals surface area (Å²) in [7, 11) is -3.23. The Morgan fingerprint density at radius 2 is 1.59 bits per heavy atom. The van der Waals surface area contributed by atoms with Crippen LogP contribution in [0.4, 0.5) is 0 Å². The molecule has 1 N–H and O–H groups in total. The van der Waals surface area contributed by atoms with Crippen LogP contribution < -0.4 is 4.72 Å². The van der Waals surface area contributed by atoms with E-state index in [1.54, 1.807) is 0 Å². The van der Waals surface area contributed by atoms with Crippen LogP contribution in [0.5, 0.6) is 0 Å². The van der Waals surface area contributed by atoms with Crippen molar-refractivity contribution in [3.05, 3.63) is 35.4 Å². The van der Waals surface area contributed by atoms with Gasteiger partial charge in [-0.1, -0.05) is 54.0 Å².